The fourth-order valence-corrected chi connectivity index (χ4v) is 4.05. The van der Waals surface area contributed by atoms with Crippen molar-refractivity contribution in [3.63, 3.8) is 0 Å². The third-order valence-electron chi connectivity index (χ3n) is 2.70. The molecule has 2 rings (SSSR count). The molecule has 2 N–H and O–H groups in total. The maximum absolute atomic E-state index is 13.2. The van der Waals surface area contributed by atoms with Crippen molar-refractivity contribution < 1.29 is 26.7 Å². The van der Waals surface area contributed by atoms with Crippen molar-refractivity contribution in [3.05, 3.63) is 50.0 Å². The first kappa shape index (κ1) is 16.8. The largest absolute Gasteiger partial charge is 0.371 e. The van der Waals surface area contributed by atoms with Crippen molar-refractivity contribution in [3.8, 4) is 5.75 Å². The van der Waals surface area contributed by atoms with Crippen LogP contribution in [0, 0.1) is 22.9 Å². The molecule has 0 spiro atoms. The number of amides is 1. The Morgan fingerprint density at radius 3 is 2.57 bits per heavy atom. The second-order valence-electron chi connectivity index (χ2n) is 4.30. The molecule has 0 fully saturated rings. The van der Waals surface area contributed by atoms with E-state index in [0.29, 0.717) is 6.07 Å². The molecule has 23 heavy (non-hydrogen) atoms. The van der Waals surface area contributed by atoms with E-state index in [9.17, 15) is 27.7 Å². The summed E-state index contributed by atoms with van der Waals surface area (Å²) in [6.45, 7) is 1.41. The van der Waals surface area contributed by atoms with Crippen LogP contribution >= 0.6 is 11.3 Å². The maximum atomic E-state index is 13.2. The number of benzene rings is 1. The van der Waals surface area contributed by atoms with Gasteiger partial charge in [0.05, 0.1) is 9.80 Å². The molecule has 0 aliphatic carbocycles. The van der Waals surface area contributed by atoms with Crippen molar-refractivity contribution in [2.75, 3.05) is 0 Å². The Morgan fingerprint density at radius 2 is 2.04 bits per heavy atom. The quantitative estimate of drug-likeness (QED) is 0.493. The van der Waals surface area contributed by atoms with Gasteiger partial charge in [0.25, 0.3) is 5.91 Å². The van der Waals surface area contributed by atoms with E-state index in [0.717, 1.165) is 29.5 Å². The lowest BCUT2D eigenvalue weighted by Crippen LogP contribution is -2.12. The Balaban J connectivity index is 2.49. The van der Waals surface area contributed by atoms with Crippen LogP contribution in [0.15, 0.2) is 29.2 Å². The fraction of sp³-hybridized carbons (Fsp3) is 0.0833. The van der Waals surface area contributed by atoms with E-state index in [1.165, 1.54) is 6.92 Å². The van der Waals surface area contributed by atoms with E-state index in [1.54, 1.807) is 0 Å². The lowest BCUT2D eigenvalue weighted by atomic mass is 10.3. The minimum Gasteiger partial charge on any atom is -0.371 e. The molecule has 8 nitrogen and oxygen atoms in total. The number of nitrogens with zero attached hydrogens (tertiary/aromatic N) is 1. The number of rotatable bonds is 5. The average molecular weight is 360 g/mol. The molecule has 1 amide bonds. The zero-order valence-electron chi connectivity index (χ0n) is 11.5. The number of thiophene rings is 1. The number of carbonyl (C=O) groups is 1. The Morgan fingerprint density at radius 1 is 1.39 bits per heavy atom. The Labute approximate surface area is 133 Å². The highest BCUT2D eigenvalue weighted by Gasteiger charge is 2.27. The lowest BCUT2D eigenvalue weighted by Gasteiger charge is -2.07. The molecule has 1 heterocycles. The monoisotopic (exact) mass is 360 g/mol. The van der Waals surface area contributed by atoms with Crippen LogP contribution < -0.4 is 9.92 Å². The van der Waals surface area contributed by atoms with Gasteiger partial charge >= 0.3 is 15.8 Å². The summed E-state index contributed by atoms with van der Waals surface area (Å²) in [6.07, 6.45) is 0. The predicted molar refractivity (Wildman–Crippen MR) is 78.4 cm³/mol. The van der Waals surface area contributed by atoms with Crippen LogP contribution in [0.2, 0.25) is 0 Å². The maximum Gasteiger partial charge on any atom is 0.340 e. The Bertz CT molecular complexity index is 906. The van der Waals surface area contributed by atoms with Crippen LogP contribution in [0.3, 0.4) is 0 Å². The average Bonchev–Trinajstić information content (AvgIpc) is 2.81. The van der Waals surface area contributed by atoms with E-state index in [2.05, 4.69) is 4.18 Å². The van der Waals surface area contributed by atoms with Gasteiger partial charge in [-0.1, -0.05) is 0 Å². The van der Waals surface area contributed by atoms with Gasteiger partial charge in [-0.15, -0.1) is 11.3 Å². The van der Waals surface area contributed by atoms with E-state index >= 15 is 0 Å². The Hall–Kier alpha value is -2.53. The van der Waals surface area contributed by atoms with Gasteiger partial charge in [0.15, 0.2) is 0 Å². The molecule has 0 aliphatic heterocycles. The molecular weight excluding hydrogens is 351 g/mol. The molecule has 0 radical (unpaired) electrons. The van der Waals surface area contributed by atoms with Crippen LogP contribution in [0.25, 0.3) is 0 Å². The van der Waals surface area contributed by atoms with Crippen LogP contribution in [0.4, 0.5) is 10.1 Å². The highest BCUT2D eigenvalue weighted by Crippen LogP contribution is 2.33. The van der Waals surface area contributed by atoms with Crippen molar-refractivity contribution in [2.45, 2.75) is 11.8 Å². The van der Waals surface area contributed by atoms with E-state index in [4.69, 9.17) is 5.73 Å². The number of hydrogen-bond acceptors (Lipinski definition) is 7. The molecule has 11 heteroatoms. The number of aryl methyl sites for hydroxylation is 1. The molecule has 0 saturated heterocycles. The summed E-state index contributed by atoms with van der Waals surface area (Å²) < 4.78 is 42.4. The zero-order chi connectivity index (χ0) is 17.4. The first-order valence-electron chi connectivity index (χ1n) is 5.90. The van der Waals surface area contributed by atoms with Crippen LogP contribution in [0.1, 0.15) is 14.5 Å². The molecule has 0 atom stereocenters. The molecule has 1 aromatic heterocycles. The number of nitro groups is 1. The van der Waals surface area contributed by atoms with E-state index < -0.39 is 38.2 Å². The van der Waals surface area contributed by atoms with E-state index in [-0.39, 0.29) is 14.6 Å². The highest BCUT2D eigenvalue weighted by molar-refractivity contribution is 7.87. The van der Waals surface area contributed by atoms with Crippen molar-refractivity contribution in [2.24, 2.45) is 5.73 Å². The van der Waals surface area contributed by atoms with Gasteiger partial charge < -0.3 is 9.92 Å². The normalized spacial score (nSPS) is 11.2. The third kappa shape index (κ3) is 3.46. The number of nitro benzene ring substituents is 1. The van der Waals surface area contributed by atoms with Crippen molar-refractivity contribution in [1.82, 2.24) is 0 Å². The third-order valence-corrected chi connectivity index (χ3v) is 5.26. The van der Waals surface area contributed by atoms with Crippen LogP contribution in [0.5, 0.6) is 5.75 Å². The summed E-state index contributed by atoms with van der Waals surface area (Å²) in [6, 6.07) is 3.18. The second-order valence-corrected chi connectivity index (χ2v) is 7.07. The van der Waals surface area contributed by atoms with Crippen molar-refractivity contribution >= 4 is 33.0 Å². The summed E-state index contributed by atoms with van der Waals surface area (Å²) in [7, 11) is -4.50. The number of hydrogen-bond donors (Lipinski definition) is 1. The summed E-state index contributed by atoms with van der Waals surface area (Å²) in [5, 5.41) is 10.9. The molecule has 0 unspecified atom stereocenters. The number of halogens is 1. The van der Waals surface area contributed by atoms with Gasteiger partial charge in [-0.3, -0.25) is 14.9 Å². The van der Waals surface area contributed by atoms with Gasteiger partial charge in [0.2, 0.25) is 5.75 Å². The SMILES string of the molecule is Cc1sc(C(N)=O)cc1S(=O)(=O)Oc1cc(F)ccc1[N+](=O)[O-]. The van der Waals surface area contributed by atoms with Gasteiger partial charge in [-0.25, -0.2) is 4.39 Å². The van der Waals surface area contributed by atoms with Gasteiger partial charge in [0, 0.05) is 17.0 Å². The minimum atomic E-state index is -4.50. The summed E-state index contributed by atoms with van der Waals surface area (Å²) in [5.74, 6) is -2.49. The number of primary amides is 1. The molecule has 0 aliphatic rings. The molecular formula is C12H9FN2O6S2. The lowest BCUT2D eigenvalue weighted by molar-refractivity contribution is -0.385. The summed E-state index contributed by atoms with van der Waals surface area (Å²) in [5.41, 5.74) is 4.36. The minimum absolute atomic E-state index is 0.0154. The zero-order valence-corrected chi connectivity index (χ0v) is 13.1. The van der Waals surface area contributed by atoms with Gasteiger partial charge in [0.1, 0.15) is 10.7 Å². The first-order valence-corrected chi connectivity index (χ1v) is 8.13. The predicted octanol–water partition coefficient (Wildman–Crippen LogP) is 1.97. The number of carbonyl (C=O) groups excluding carboxylic acids is 1. The molecule has 0 saturated carbocycles. The molecule has 1 aromatic carbocycles. The Kier molecular flexibility index (Phi) is 4.34. The smallest absolute Gasteiger partial charge is 0.340 e. The topological polar surface area (TPSA) is 130 Å². The van der Waals surface area contributed by atoms with Crippen LogP contribution in [-0.4, -0.2) is 19.2 Å². The standard InChI is InChI=1S/C12H9FN2O6S2/c1-6-11(5-10(22-6)12(14)16)23(19,20)21-9-4-7(13)2-3-8(9)15(17)18/h2-5H,1H3,(H2,14,16). The highest BCUT2D eigenvalue weighted by atomic mass is 32.2. The molecule has 122 valence electrons. The first-order chi connectivity index (χ1) is 10.6. The molecule has 0 bridgehead atoms. The molecule has 2 aromatic rings. The second kappa shape index (κ2) is 5.93. The van der Waals surface area contributed by atoms with E-state index in [1.807, 2.05) is 0 Å². The van der Waals surface area contributed by atoms with Gasteiger partial charge in [-0.05, 0) is 19.1 Å². The summed E-state index contributed by atoms with van der Waals surface area (Å²) in [4.78, 5) is 20.9. The fourth-order valence-electron chi connectivity index (χ4n) is 1.70. The van der Waals surface area contributed by atoms with Gasteiger partial charge in [-0.2, -0.15) is 8.42 Å². The number of nitrogens with two attached hydrogens (primary N) is 1. The summed E-state index contributed by atoms with van der Waals surface area (Å²) >= 11 is 0.832. The van der Waals surface area contributed by atoms with Crippen LogP contribution in [-0.2, 0) is 10.1 Å². The van der Waals surface area contributed by atoms with Crippen molar-refractivity contribution in [1.29, 1.82) is 0 Å².